The van der Waals surface area contributed by atoms with E-state index in [-0.39, 0.29) is 29.2 Å². The third-order valence-corrected chi connectivity index (χ3v) is 6.52. The number of hydrogen-bond donors (Lipinski definition) is 1. The second kappa shape index (κ2) is 6.34. The molecule has 0 aromatic heterocycles. The van der Waals surface area contributed by atoms with Gasteiger partial charge in [0, 0.05) is 25.3 Å². The second-order valence-electron chi connectivity index (χ2n) is 6.91. The summed E-state index contributed by atoms with van der Waals surface area (Å²) in [5.74, 6) is 0.471. The van der Waals surface area contributed by atoms with Crippen LogP contribution in [0.5, 0.6) is 0 Å². The molecule has 3 rings (SSSR count). The van der Waals surface area contributed by atoms with Gasteiger partial charge in [-0.3, -0.25) is 14.4 Å². The highest BCUT2D eigenvalue weighted by Crippen LogP contribution is 2.59. The van der Waals surface area contributed by atoms with E-state index >= 15 is 0 Å². The van der Waals surface area contributed by atoms with Gasteiger partial charge < -0.3 is 14.9 Å². The number of carboxylic acid groups (broad SMARTS) is 1. The molecule has 2 aliphatic heterocycles. The fourth-order valence-electron chi connectivity index (χ4n) is 3.88. The molecule has 1 spiro atoms. The van der Waals surface area contributed by atoms with E-state index in [1.807, 2.05) is 11.8 Å². The van der Waals surface area contributed by atoms with Gasteiger partial charge in [-0.15, -0.1) is 11.8 Å². The van der Waals surface area contributed by atoms with Gasteiger partial charge in [-0.2, -0.15) is 0 Å². The number of rotatable bonds is 4. The van der Waals surface area contributed by atoms with Gasteiger partial charge in [0.1, 0.15) is 6.04 Å². The number of hydrogen-bond acceptors (Lipinski definition) is 4. The molecular weight excluding hydrogens is 316 g/mol. The summed E-state index contributed by atoms with van der Waals surface area (Å²) in [5, 5.41) is 9.14. The lowest BCUT2D eigenvalue weighted by Gasteiger charge is -2.35. The molecule has 23 heavy (non-hydrogen) atoms. The highest BCUT2D eigenvalue weighted by molar-refractivity contribution is 7.99. The van der Waals surface area contributed by atoms with Crippen LogP contribution in [-0.2, 0) is 14.4 Å². The van der Waals surface area contributed by atoms with E-state index < -0.39 is 5.97 Å². The number of piperidine rings is 1. The van der Waals surface area contributed by atoms with Gasteiger partial charge >= 0.3 is 5.97 Å². The van der Waals surface area contributed by atoms with Crippen molar-refractivity contribution in [3.63, 3.8) is 0 Å². The standard InChI is InChI=1S/C16H24N2O4S/c1-2-3-13(19)18-10-23-9-12(18)14(20)17-6-4-16(5-7-17)8-11(16)15(21)22/h11-12H,2-10H2,1H3,(H,21,22). The van der Waals surface area contributed by atoms with Crippen molar-refractivity contribution in [1.82, 2.24) is 9.80 Å². The topological polar surface area (TPSA) is 77.9 Å². The van der Waals surface area contributed by atoms with Crippen molar-refractivity contribution >= 4 is 29.5 Å². The third kappa shape index (κ3) is 3.07. The maximum Gasteiger partial charge on any atom is 0.307 e. The first-order valence-electron chi connectivity index (χ1n) is 8.37. The summed E-state index contributed by atoms with van der Waals surface area (Å²) in [6, 6.07) is -0.331. The Morgan fingerprint density at radius 3 is 2.52 bits per heavy atom. The molecule has 1 aliphatic carbocycles. The van der Waals surface area contributed by atoms with Crippen LogP contribution in [0.4, 0.5) is 0 Å². The van der Waals surface area contributed by atoms with E-state index in [9.17, 15) is 14.4 Å². The van der Waals surface area contributed by atoms with Crippen molar-refractivity contribution in [2.45, 2.75) is 45.1 Å². The van der Waals surface area contributed by atoms with Gasteiger partial charge in [0.05, 0.1) is 11.8 Å². The van der Waals surface area contributed by atoms with Crippen LogP contribution in [-0.4, -0.2) is 63.5 Å². The SMILES string of the molecule is CCCC(=O)N1CSCC1C(=O)N1CCC2(CC1)CC2C(=O)O. The minimum absolute atomic E-state index is 0.0434. The van der Waals surface area contributed by atoms with Crippen LogP contribution in [0.2, 0.25) is 0 Å². The van der Waals surface area contributed by atoms with E-state index in [0.29, 0.717) is 31.1 Å². The number of carbonyl (C=O) groups is 3. The zero-order valence-corrected chi connectivity index (χ0v) is 14.3. The third-order valence-electron chi connectivity index (χ3n) is 5.51. The summed E-state index contributed by atoms with van der Waals surface area (Å²) >= 11 is 1.63. The minimum Gasteiger partial charge on any atom is -0.481 e. The Bertz CT molecular complexity index is 516. The molecule has 2 amide bonds. The molecular formula is C16H24N2O4S. The molecule has 7 heteroatoms. The monoisotopic (exact) mass is 340 g/mol. The van der Waals surface area contributed by atoms with Gasteiger partial charge in [0.15, 0.2) is 0 Å². The van der Waals surface area contributed by atoms with Gasteiger partial charge in [-0.1, -0.05) is 6.92 Å². The van der Waals surface area contributed by atoms with Gasteiger partial charge in [-0.25, -0.2) is 0 Å². The summed E-state index contributed by atoms with van der Waals surface area (Å²) in [6.07, 6.45) is 3.60. The Labute approximate surface area is 140 Å². The van der Waals surface area contributed by atoms with Crippen LogP contribution >= 0.6 is 11.8 Å². The molecule has 0 aromatic rings. The average Bonchev–Trinajstić information content (AvgIpc) is 3.02. The van der Waals surface area contributed by atoms with Crippen molar-refractivity contribution in [3.8, 4) is 0 Å². The Kier molecular flexibility index (Phi) is 4.58. The summed E-state index contributed by atoms with van der Waals surface area (Å²) in [7, 11) is 0. The van der Waals surface area contributed by atoms with Crippen LogP contribution in [0.25, 0.3) is 0 Å². The first kappa shape index (κ1) is 16.6. The highest BCUT2D eigenvalue weighted by Gasteiger charge is 2.59. The Morgan fingerprint density at radius 2 is 1.96 bits per heavy atom. The Balaban J connectivity index is 1.57. The van der Waals surface area contributed by atoms with Gasteiger partial charge in [0.25, 0.3) is 0 Å². The number of amides is 2. The van der Waals surface area contributed by atoms with Crippen molar-refractivity contribution in [2.24, 2.45) is 11.3 Å². The number of likely N-dealkylation sites (tertiary alicyclic amines) is 1. The van der Waals surface area contributed by atoms with Crippen molar-refractivity contribution in [1.29, 1.82) is 0 Å². The van der Waals surface area contributed by atoms with E-state index in [1.54, 1.807) is 16.7 Å². The number of nitrogens with zero attached hydrogens (tertiary/aromatic N) is 2. The second-order valence-corrected chi connectivity index (χ2v) is 7.91. The first-order valence-corrected chi connectivity index (χ1v) is 9.53. The van der Waals surface area contributed by atoms with Crippen LogP contribution in [0.15, 0.2) is 0 Å². The predicted octanol–water partition coefficient (Wildman–Crippen LogP) is 1.40. The van der Waals surface area contributed by atoms with E-state index in [4.69, 9.17) is 5.11 Å². The quantitative estimate of drug-likeness (QED) is 0.837. The molecule has 2 heterocycles. The Hall–Kier alpha value is -1.24. The van der Waals surface area contributed by atoms with E-state index in [0.717, 1.165) is 25.7 Å². The van der Waals surface area contributed by atoms with Crippen LogP contribution in [0.3, 0.4) is 0 Å². The van der Waals surface area contributed by atoms with Crippen molar-refractivity contribution in [3.05, 3.63) is 0 Å². The van der Waals surface area contributed by atoms with E-state index in [1.165, 1.54) is 0 Å². The molecule has 6 nitrogen and oxygen atoms in total. The molecule has 3 aliphatic rings. The summed E-state index contributed by atoms with van der Waals surface area (Å²) in [5.41, 5.74) is -0.0647. The molecule has 2 atom stereocenters. The molecule has 0 aromatic carbocycles. The fourth-order valence-corrected chi connectivity index (χ4v) is 5.05. The zero-order chi connectivity index (χ0) is 16.6. The smallest absolute Gasteiger partial charge is 0.307 e. The van der Waals surface area contributed by atoms with Crippen molar-refractivity contribution < 1.29 is 19.5 Å². The first-order chi connectivity index (χ1) is 11.0. The average molecular weight is 340 g/mol. The highest BCUT2D eigenvalue weighted by atomic mass is 32.2. The lowest BCUT2D eigenvalue weighted by molar-refractivity contribution is -0.145. The van der Waals surface area contributed by atoms with Gasteiger partial charge in [0.2, 0.25) is 11.8 Å². The summed E-state index contributed by atoms with van der Waals surface area (Å²) in [4.78, 5) is 39.6. The molecule has 128 valence electrons. The number of aliphatic carboxylic acids is 1. The maximum absolute atomic E-state index is 12.8. The van der Waals surface area contributed by atoms with Crippen LogP contribution in [0, 0.1) is 11.3 Å². The molecule has 0 radical (unpaired) electrons. The van der Waals surface area contributed by atoms with Gasteiger partial charge in [-0.05, 0) is 31.1 Å². The fraction of sp³-hybridized carbons (Fsp3) is 0.812. The predicted molar refractivity (Wildman–Crippen MR) is 86.9 cm³/mol. The lowest BCUT2D eigenvalue weighted by Crippen LogP contribution is -2.51. The number of carboxylic acids is 1. The van der Waals surface area contributed by atoms with E-state index in [2.05, 4.69) is 0 Å². The Morgan fingerprint density at radius 1 is 1.26 bits per heavy atom. The summed E-state index contributed by atoms with van der Waals surface area (Å²) < 4.78 is 0. The molecule has 2 unspecified atom stereocenters. The molecule has 1 N–H and O–H groups in total. The van der Waals surface area contributed by atoms with Crippen molar-refractivity contribution in [2.75, 3.05) is 24.7 Å². The minimum atomic E-state index is -0.701. The molecule has 2 saturated heterocycles. The lowest BCUT2D eigenvalue weighted by atomic mass is 9.90. The number of thioether (sulfide) groups is 1. The normalized spacial score (nSPS) is 28.9. The maximum atomic E-state index is 12.8. The largest absolute Gasteiger partial charge is 0.481 e. The van der Waals surface area contributed by atoms with Crippen LogP contribution < -0.4 is 0 Å². The molecule has 3 fully saturated rings. The summed E-state index contributed by atoms with van der Waals surface area (Å²) in [6.45, 7) is 3.22. The van der Waals surface area contributed by atoms with Crippen LogP contribution in [0.1, 0.15) is 39.0 Å². The molecule has 0 bridgehead atoms. The molecule has 1 saturated carbocycles. The zero-order valence-electron chi connectivity index (χ0n) is 13.5. The number of carbonyl (C=O) groups excluding carboxylic acids is 2.